The summed E-state index contributed by atoms with van der Waals surface area (Å²) in [6.07, 6.45) is 3.73. The topological polar surface area (TPSA) is 39.7 Å². The van der Waals surface area contributed by atoms with Crippen LogP contribution >= 0.6 is 0 Å². The lowest BCUT2D eigenvalue weighted by molar-refractivity contribution is 0.0164. The number of ether oxygens (including phenoxy) is 3. The summed E-state index contributed by atoms with van der Waals surface area (Å²) in [6, 6.07) is 0.420. The Labute approximate surface area is 98.6 Å². The molecular formula is C12H25NO3. The number of hydrogen-bond acceptors (Lipinski definition) is 4. The minimum atomic E-state index is 0.348. The maximum absolute atomic E-state index is 5.56. The van der Waals surface area contributed by atoms with Crippen LogP contribution in [-0.4, -0.2) is 52.2 Å². The van der Waals surface area contributed by atoms with Crippen LogP contribution in [-0.2, 0) is 14.2 Å². The van der Waals surface area contributed by atoms with Gasteiger partial charge in [-0.05, 0) is 32.7 Å². The Balaban J connectivity index is 1.80. The zero-order chi connectivity index (χ0) is 11.6. The molecule has 1 aliphatic rings. The lowest BCUT2D eigenvalue weighted by Gasteiger charge is -2.13. The van der Waals surface area contributed by atoms with Crippen LogP contribution in [0.1, 0.15) is 26.2 Å². The summed E-state index contributed by atoms with van der Waals surface area (Å²) >= 11 is 0. The molecule has 1 fully saturated rings. The molecule has 0 bridgehead atoms. The summed E-state index contributed by atoms with van der Waals surface area (Å²) in [5.41, 5.74) is 0. The van der Waals surface area contributed by atoms with E-state index in [9.17, 15) is 0 Å². The van der Waals surface area contributed by atoms with Gasteiger partial charge in [0.25, 0.3) is 0 Å². The van der Waals surface area contributed by atoms with Gasteiger partial charge in [-0.3, -0.25) is 0 Å². The first-order valence-corrected chi connectivity index (χ1v) is 6.24. The van der Waals surface area contributed by atoms with Gasteiger partial charge in [-0.15, -0.1) is 0 Å². The van der Waals surface area contributed by atoms with Crippen molar-refractivity contribution < 1.29 is 14.2 Å². The Hall–Kier alpha value is -0.160. The van der Waals surface area contributed by atoms with Crippen molar-refractivity contribution in [1.29, 1.82) is 0 Å². The maximum Gasteiger partial charge on any atom is 0.0809 e. The van der Waals surface area contributed by atoms with Crippen LogP contribution in [0.5, 0.6) is 0 Å². The van der Waals surface area contributed by atoms with Crippen molar-refractivity contribution in [2.45, 2.75) is 38.3 Å². The fraction of sp³-hybridized carbons (Fsp3) is 1.00. The molecule has 1 N–H and O–H groups in total. The second kappa shape index (κ2) is 8.93. The van der Waals surface area contributed by atoms with Gasteiger partial charge in [0, 0.05) is 26.4 Å². The van der Waals surface area contributed by atoms with Gasteiger partial charge in [-0.1, -0.05) is 0 Å². The standard InChI is InChI=1S/C12H25NO3/c1-11(9-14-2)13-6-4-7-15-10-12-5-3-8-16-12/h11-13H,3-10H2,1-2H3/t11-,12+/m1/s1. The highest BCUT2D eigenvalue weighted by Gasteiger charge is 2.14. The summed E-state index contributed by atoms with van der Waals surface area (Å²) < 4.78 is 16.1. The first kappa shape index (κ1) is 13.9. The highest BCUT2D eigenvalue weighted by atomic mass is 16.5. The van der Waals surface area contributed by atoms with E-state index in [1.807, 2.05) is 0 Å². The second-order valence-electron chi connectivity index (χ2n) is 4.37. The molecule has 1 saturated heterocycles. The Morgan fingerprint density at radius 1 is 1.50 bits per heavy atom. The molecule has 1 rings (SSSR count). The summed E-state index contributed by atoms with van der Waals surface area (Å²) in [5, 5.41) is 3.38. The van der Waals surface area contributed by atoms with Crippen molar-refractivity contribution in [3.8, 4) is 0 Å². The molecule has 16 heavy (non-hydrogen) atoms. The molecule has 0 aromatic carbocycles. The minimum Gasteiger partial charge on any atom is -0.383 e. The van der Waals surface area contributed by atoms with E-state index in [0.29, 0.717) is 12.1 Å². The lowest BCUT2D eigenvalue weighted by atomic mass is 10.2. The third kappa shape index (κ3) is 6.43. The van der Waals surface area contributed by atoms with E-state index >= 15 is 0 Å². The highest BCUT2D eigenvalue weighted by molar-refractivity contribution is 4.63. The Kier molecular flexibility index (Phi) is 7.76. The summed E-state index contributed by atoms with van der Waals surface area (Å²) in [6.45, 7) is 6.34. The molecule has 1 aliphatic heterocycles. The molecule has 96 valence electrons. The zero-order valence-corrected chi connectivity index (χ0v) is 10.5. The van der Waals surface area contributed by atoms with Crippen molar-refractivity contribution in [3.05, 3.63) is 0 Å². The first-order chi connectivity index (χ1) is 7.83. The zero-order valence-electron chi connectivity index (χ0n) is 10.5. The van der Waals surface area contributed by atoms with Gasteiger partial charge < -0.3 is 19.5 Å². The molecule has 0 amide bonds. The average molecular weight is 231 g/mol. The van der Waals surface area contributed by atoms with E-state index in [1.165, 1.54) is 6.42 Å². The molecule has 4 nitrogen and oxygen atoms in total. The van der Waals surface area contributed by atoms with Crippen molar-refractivity contribution in [1.82, 2.24) is 5.32 Å². The van der Waals surface area contributed by atoms with Crippen molar-refractivity contribution in [3.63, 3.8) is 0 Å². The van der Waals surface area contributed by atoms with E-state index in [-0.39, 0.29) is 0 Å². The molecule has 0 saturated carbocycles. The van der Waals surface area contributed by atoms with Crippen molar-refractivity contribution >= 4 is 0 Å². The number of hydrogen-bond donors (Lipinski definition) is 1. The van der Waals surface area contributed by atoms with Gasteiger partial charge in [-0.2, -0.15) is 0 Å². The highest BCUT2D eigenvalue weighted by Crippen LogP contribution is 2.11. The van der Waals surface area contributed by atoms with Gasteiger partial charge in [0.05, 0.1) is 19.3 Å². The lowest BCUT2D eigenvalue weighted by Crippen LogP contribution is -2.31. The third-order valence-electron chi connectivity index (χ3n) is 2.70. The number of methoxy groups -OCH3 is 1. The van der Waals surface area contributed by atoms with Crippen LogP contribution in [0.3, 0.4) is 0 Å². The van der Waals surface area contributed by atoms with Gasteiger partial charge in [0.15, 0.2) is 0 Å². The Morgan fingerprint density at radius 3 is 3.06 bits per heavy atom. The fourth-order valence-corrected chi connectivity index (χ4v) is 1.82. The largest absolute Gasteiger partial charge is 0.383 e. The van der Waals surface area contributed by atoms with Crippen LogP contribution in [0.25, 0.3) is 0 Å². The Morgan fingerprint density at radius 2 is 2.38 bits per heavy atom. The first-order valence-electron chi connectivity index (χ1n) is 6.24. The van der Waals surface area contributed by atoms with Gasteiger partial charge in [0.1, 0.15) is 0 Å². The van der Waals surface area contributed by atoms with E-state index in [0.717, 1.165) is 45.8 Å². The second-order valence-corrected chi connectivity index (χ2v) is 4.37. The molecule has 2 atom stereocenters. The quantitative estimate of drug-likeness (QED) is 0.605. The van der Waals surface area contributed by atoms with E-state index in [1.54, 1.807) is 7.11 Å². The number of rotatable bonds is 9. The predicted molar refractivity (Wildman–Crippen MR) is 63.8 cm³/mol. The molecule has 0 aliphatic carbocycles. The van der Waals surface area contributed by atoms with E-state index < -0.39 is 0 Å². The SMILES string of the molecule is COC[C@@H](C)NCCCOC[C@@H]1CCCO1. The number of nitrogens with one attached hydrogen (secondary N) is 1. The summed E-state index contributed by atoms with van der Waals surface area (Å²) in [5.74, 6) is 0. The molecule has 0 spiro atoms. The molecule has 0 aromatic heterocycles. The fourth-order valence-electron chi connectivity index (χ4n) is 1.82. The summed E-state index contributed by atoms with van der Waals surface area (Å²) in [7, 11) is 1.73. The molecule has 1 heterocycles. The van der Waals surface area contributed by atoms with Crippen LogP contribution in [0.15, 0.2) is 0 Å². The molecule has 0 unspecified atom stereocenters. The van der Waals surface area contributed by atoms with Crippen LogP contribution in [0.2, 0.25) is 0 Å². The van der Waals surface area contributed by atoms with Gasteiger partial charge >= 0.3 is 0 Å². The van der Waals surface area contributed by atoms with Crippen molar-refractivity contribution in [2.24, 2.45) is 0 Å². The van der Waals surface area contributed by atoms with Crippen LogP contribution in [0.4, 0.5) is 0 Å². The average Bonchev–Trinajstić information content (AvgIpc) is 2.76. The van der Waals surface area contributed by atoms with E-state index in [2.05, 4.69) is 12.2 Å². The molecule has 0 radical (unpaired) electrons. The molecule has 0 aromatic rings. The normalized spacial score (nSPS) is 22.5. The predicted octanol–water partition coefficient (Wildman–Crippen LogP) is 1.20. The van der Waals surface area contributed by atoms with Crippen LogP contribution in [0, 0.1) is 0 Å². The van der Waals surface area contributed by atoms with E-state index in [4.69, 9.17) is 14.2 Å². The Bertz CT molecular complexity index is 160. The van der Waals surface area contributed by atoms with Crippen molar-refractivity contribution in [2.75, 3.05) is 40.1 Å². The molecule has 4 heteroatoms. The minimum absolute atomic E-state index is 0.348. The maximum atomic E-state index is 5.56. The summed E-state index contributed by atoms with van der Waals surface area (Å²) in [4.78, 5) is 0. The smallest absolute Gasteiger partial charge is 0.0809 e. The van der Waals surface area contributed by atoms with Crippen LogP contribution < -0.4 is 5.32 Å². The van der Waals surface area contributed by atoms with Gasteiger partial charge in [-0.25, -0.2) is 0 Å². The third-order valence-corrected chi connectivity index (χ3v) is 2.70. The van der Waals surface area contributed by atoms with Gasteiger partial charge in [0.2, 0.25) is 0 Å². The monoisotopic (exact) mass is 231 g/mol. The molecular weight excluding hydrogens is 206 g/mol.